The fourth-order valence-electron chi connectivity index (χ4n) is 2.60. The third kappa shape index (κ3) is 5.14. The number of carbonyl (C=O) groups is 1. The lowest BCUT2D eigenvalue weighted by Gasteiger charge is -2.22. The van der Waals surface area contributed by atoms with Crippen molar-refractivity contribution in [3.8, 4) is 0 Å². The van der Waals surface area contributed by atoms with Gasteiger partial charge in [0.25, 0.3) is 0 Å². The Bertz CT molecular complexity index is 442. The van der Waals surface area contributed by atoms with Crippen molar-refractivity contribution in [2.75, 3.05) is 19.7 Å². The summed E-state index contributed by atoms with van der Waals surface area (Å²) in [4.78, 5) is 12.2. The van der Waals surface area contributed by atoms with Crippen molar-refractivity contribution in [1.29, 1.82) is 0 Å². The first-order valence-electron chi connectivity index (χ1n) is 7.94. The molecule has 1 aliphatic heterocycles. The van der Waals surface area contributed by atoms with Crippen LogP contribution in [0.4, 0.5) is 0 Å². The molecule has 116 valence electrons. The SMILES string of the molecule is CCCOCc1ccccc1CNC(=O)C1CCCNC1. The van der Waals surface area contributed by atoms with Gasteiger partial charge in [0.05, 0.1) is 12.5 Å². The van der Waals surface area contributed by atoms with Crippen LogP contribution in [-0.2, 0) is 22.7 Å². The second-order valence-electron chi connectivity index (χ2n) is 5.58. The van der Waals surface area contributed by atoms with Crippen LogP contribution in [0.15, 0.2) is 24.3 Å². The van der Waals surface area contributed by atoms with Crippen LogP contribution in [0, 0.1) is 5.92 Å². The lowest BCUT2D eigenvalue weighted by Crippen LogP contribution is -2.40. The molecule has 0 aromatic heterocycles. The number of hydrogen-bond acceptors (Lipinski definition) is 3. The molecular weight excluding hydrogens is 264 g/mol. The van der Waals surface area contributed by atoms with E-state index in [-0.39, 0.29) is 11.8 Å². The topological polar surface area (TPSA) is 50.4 Å². The van der Waals surface area contributed by atoms with E-state index < -0.39 is 0 Å². The molecule has 1 heterocycles. The quantitative estimate of drug-likeness (QED) is 0.757. The van der Waals surface area contributed by atoms with E-state index in [0.29, 0.717) is 13.2 Å². The van der Waals surface area contributed by atoms with Gasteiger partial charge in [0.1, 0.15) is 0 Å². The highest BCUT2D eigenvalue weighted by molar-refractivity contribution is 5.79. The van der Waals surface area contributed by atoms with Crippen LogP contribution in [0.5, 0.6) is 0 Å². The zero-order valence-electron chi connectivity index (χ0n) is 12.9. The van der Waals surface area contributed by atoms with E-state index in [4.69, 9.17) is 4.74 Å². The molecule has 1 aliphatic rings. The van der Waals surface area contributed by atoms with Gasteiger partial charge in [-0.15, -0.1) is 0 Å². The smallest absolute Gasteiger partial charge is 0.224 e. The maximum atomic E-state index is 12.2. The largest absolute Gasteiger partial charge is 0.377 e. The van der Waals surface area contributed by atoms with E-state index in [2.05, 4.69) is 29.7 Å². The van der Waals surface area contributed by atoms with Crippen LogP contribution in [0.3, 0.4) is 0 Å². The normalized spacial score (nSPS) is 18.4. The summed E-state index contributed by atoms with van der Waals surface area (Å²) in [5.41, 5.74) is 2.30. The summed E-state index contributed by atoms with van der Waals surface area (Å²) in [7, 11) is 0. The van der Waals surface area contributed by atoms with Gasteiger partial charge in [-0.1, -0.05) is 31.2 Å². The molecule has 4 heteroatoms. The number of rotatable bonds is 7. The van der Waals surface area contributed by atoms with Crippen molar-refractivity contribution in [2.45, 2.75) is 39.3 Å². The Morgan fingerprint density at radius 2 is 2.19 bits per heavy atom. The number of amides is 1. The van der Waals surface area contributed by atoms with Gasteiger partial charge < -0.3 is 15.4 Å². The predicted molar refractivity (Wildman–Crippen MR) is 83.8 cm³/mol. The predicted octanol–water partition coefficient (Wildman–Crippen LogP) is 2.23. The molecule has 2 N–H and O–H groups in total. The van der Waals surface area contributed by atoms with Crippen molar-refractivity contribution < 1.29 is 9.53 Å². The van der Waals surface area contributed by atoms with Crippen molar-refractivity contribution in [3.05, 3.63) is 35.4 Å². The minimum Gasteiger partial charge on any atom is -0.377 e. The van der Waals surface area contributed by atoms with Gasteiger partial charge in [0.2, 0.25) is 5.91 Å². The highest BCUT2D eigenvalue weighted by atomic mass is 16.5. The Hall–Kier alpha value is -1.39. The molecule has 1 aromatic rings. The molecule has 0 bridgehead atoms. The number of benzene rings is 1. The fraction of sp³-hybridized carbons (Fsp3) is 0.588. The number of carbonyl (C=O) groups excluding carboxylic acids is 1. The average molecular weight is 290 g/mol. The van der Waals surface area contributed by atoms with E-state index in [1.807, 2.05) is 12.1 Å². The fourth-order valence-corrected chi connectivity index (χ4v) is 2.60. The van der Waals surface area contributed by atoms with Gasteiger partial charge in [-0.25, -0.2) is 0 Å². The number of hydrogen-bond donors (Lipinski definition) is 2. The number of ether oxygens (including phenoxy) is 1. The third-order valence-corrected chi connectivity index (χ3v) is 3.85. The summed E-state index contributed by atoms with van der Waals surface area (Å²) >= 11 is 0. The molecule has 1 aromatic carbocycles. The van der Waals surface area contributed by atoms with Crippen LogP contribution in [-0.4, -0.2) is 25.6 Å². The Labute approximate surface area is 127 Å². The van der Waals surface area contributed by atoms with Gasteiger partial charge >= 0.3 is 0 Å². The first kappa shape index (κ1) is 16.0. The van der Waals surface area contributed by atoms with E-state index in [1.165, 1.54) is 0 Å². The van der Waals surface area contributed by atoms with Gasteiger partial charge in [0, 0.05) is 19.7 Å². The van der Waals surface area contributed by atoms with Gasteiger partial charge in [-0.2, -0.15) is 0 Å². The van der Waals surface area contributed by atoms with E-state index in [9.17, 15) is 4.79 Å². The van der Waals surface area contributed by atoms with E-state index in [1.54, 1.807) is 0 Å². The van der Waals surface area contributed by atoms with Crippen molar-refractivity contribution in [3.63, 3.8) is 0 Å². The number of nitrogens with one attached hydrogen (secondary N) is 2. The summed E-state index contributed by atoms with van der Waals surface area (Å²) in [5.74, 6) is 0.272. The summed E-state index contributed by atoms with van der Waals surface area (Å²) in [5, 5.41) is 6.34. The lowest BCUT2D eigenvalue weighted by molar-refractivity contribution is -0.125. The molecule has 1 amide bonds. The third-order valence-electron chi connectivity index (χ3n) is 3.85. The Morgan fingerprint density at radius 1 is 1.38 bits per heavy atom. The molecule has 1 unspecified atom stereocenters. The maximum absolute atomic E-state index is 12.2. The van der Waals surface area contributed by atoms with Gasteiger partial charge in [-0.05, 0) is 36.9 Å². The van der Waals surface area contributed by atoms with Crippen LogP contribution >= 0.6 is 0 Å². The average Bonchev–Trinajstić information content (AvgIpc) is 2.54. The van der Waals surface area contributed by atoms with Gasteiger partial charge in [0.15, 0.2) is 0 Å². The zero-order chi connectivity index (χ0) is 14.9. The molecule has 1 saturated heterocycles. The number of piperidine rings is 1. The summed E-state index contributed by atoms with van der Waals surface area (Å²) in [6.07, 6.45) is 3.09. The highest BCUT2D eigenvalue weighted by Crippen LogP contribution is 2.13. The zero-order valence-corrected chi connectivity index (χ0v) is 12.9. The molecule has 0 saturated carbocycles. The molecular formula is C17H26N2O2. The van der Waals surface area contributed by atoms with Crippen LogP contribution in [0.1, 0.15) is 37.3 Å². The second-order valence-corrected chi connectivity index (χ2v) is 5.58. The van der Waals surface area contributed by atoms with Crippen molar-refractivity contribution in [1.82, 2.24) is 10.6 Å². The summed E-state index contributed by atoms with van der Waals surface area (Å²) < 4.78 is 5.61. The Balaban J connectivity index is 1.85. The molecule has 21 heavy (non-hydrogen) atoms. The maximum Gasteiger partial charge on any atom is 0.224 e. The Morgan fingerprint density at radius 3 is 2.90 bits per heavy atom. The molecule has 0 radical (unpaired) electrons. The van der Waals surface area contributed by atoms with Crippen LogP contribution < -0.4 is 10.6 Å². The van der Waals surface area contributed by atoms with Gasteiger partial charge in [-0.3, -0.25) is 4.79 Å². The second kappa shape index (κ2) is 8.80. The van der Waals surface area contributed by atoms with Crippen molar-refractivity contribution in [2.24, 2.45) is 5.92 Å². The molecule has 0 aliphatic carbocycles. The molecule has 2 rings (SSSR count). The minimum atomic E-state index is 0.113. The molecule has 1 atom stereocenters. The lowest BCUT2D eigenvalue weighted by atomic mass is 9.98. The standard InChI is InChI=1S/C17H26N2O2/c1-2-10-21-13-16-7-4-3-6-14(16)12-19-17(20)15-8-5-9-18-11-15/h3-4,6-7,15,18H,2,5,8-13H2,1H3,(H,19,20). The van der Waals surface area contributed by atoms with E-state index in [0.717, 1.165) is 50.1 Å². The molecule has 4 nitrogen and oxygen atoms in total. The van der Waals surface area contributed by atoms with Crippen LogP contribution in [0.25, 0.3) is 0 Å². The minimum absolute atomic E-state index is 0.113. The molecule has 1 fully saturated rings. The summed E-state index contributed by atoms with van der Waals surface area (Å²) in [6.45, 7) is 5.90. The van der Waals surface area contributed by atoms with Crippen LogP contribution in [0.2, 0.25) is 0 Å². The highest BCUT2D eigenvalue weighted by Gasteiger charge is 2.20. The monoisotopic (exact) mass is 290 g/mol. The van der Waals surface area contributed by atoms with Crippen molar-refractivity contribution >= 4 is 5.91 Å². The first-order valence-corrected chi connectivity index (χ1v) is 7.94. The first-order chi connectivity index (χ1) is 10.3. The van der Waals surface area contributed by atoms with E-state index >= 15 is 0 Å². The summed E-state index contributed by atoms with van der Waals surface area (Å²) in [6, 6.07) is 8.15. The Kier molecular flexibility index (Phi) is 6.70. The molecule has 0 spiro atoms.